The first-order valence-corrected chi connectivity index (χ1v) is 10.4. The normalized spacial score (nSPS) is 11.5. The first kappa shape index (κ1) is 21.8. The third-order valence-corrected chi connectivity index (χ3v) is 5.49. The van der Waals surface area contributed by atoms with Crippen LogP contribution in [0.25, 0.3) is 22.3 Å². The van der Waals surface area contributed by atoms with Crippen LogP contribution >= 0.6 is 11.8 Å². The molecule has 0 radical (unpaired) electrons. The Balaban J connectivity index is 1.60. The van der Waals surface area contributed by atoms with Crippen LogP contribution in [0.5, 0.6) is 0 Å². The van der Waals surface area contributed by atoms with Gasteiger partial charge in [-0.3, -0.25) is 4.79 Å². The van der Waals surface area contributed by atoms with E-state index in [1.165, 1.54) is 36.4 Å². The number of anilines is 1. The fourth-order valence-electron chi connectivity index (χ4n) is 3.06. The average Bonchev–Trinajstić information content (AvgIpc) is 2.77. The molecule has 162 valence electrons. The van der Waals surface area contributed by atoms with E-state index in [4.69, 9.17) is 0 Å². The first-order chi connectivity index (χ1) is 15.3. The van der Waals surface area contributed by atoms with Crippen molar-refractivity contribution in [2.75, 3.05) is 11.1 Å². The van der Waals surface area contributed by atoms with Crippen LogP contribution in [0.2, 0.25) is 0 Å². The van der Waals surface area contributed by atoms with Crippen LogP contribution in [0.3, 0.4) is 0 Å². The minimum Gasteiger partial charge on any atom is -0.325 e. The lowest BCUT2D eigenvalue weighted by Crippen LogP contribution is -2.18. The number of aromatic nitrogens is 2. The van der Waals surface area contributed by atoms with Crippen molar-refractivity contribution in [3.05, 3.63) is 84.2 Å². The molecule has 0 aliphatic rings. The summed E-state index contributed by atoms with van der Waals surface area (Å²) in [6.07, 6.45) is -4.60. The monoisotopic (exact) mass is 457 g/mol. The van der Waals surface area contributed by atoms with E-state index in [0.717, 1.165) is 23.4 Å². The summed E-state index contributed by atoms with van der Waals surface area (Å²) in [4.78, 5) is 21.3. The smallest absolute Gasteiger partial charge is 0.325 e. The second kappa shape index (κ2) is 8.96. The number of amides is 1. The van der Waals surface area contributed by atoms with Crippen molar-refractivity contribution in [1.29, 1.82) is 0 Å². The van der Waals surface area contributed by atoms with Crippen molar-refractivity contribution < 1.29 is 22.4 Å². The lowest BCUT2D eigenvalue weighted by Gasteiger charge is -2.13. The fraction of sp³-hybridized carbons (Fsp3) is 0.0870. The summed E-state index contributed by atoms with van der Waals surface area (Å²) in [5.74, 6) is -0.951. The second-order valence-electron chi connectivity index (χ2n) is 6.76. The predicted octanol–water partition coefficient (Wildman–Crippen LogP) is 6.19. The number of halogens is 4. The van der Waals surface area contributed by atoms with Crippen LogP contribution in [0.1, 0.15) is 5.56 Å². The van der Waals surface area contributed by atoms with Gasteiger partial charge in [-0.2, -0.15) is 13.2 Å². The van der Waals surface area contributed by atoms with E-state index in [1.54, 1.807) is 0 Å². The molecule has 0 aliphatic carbocycles. The maximum absolute atomic E-state index is 13.8. The lowest BCUT2D eigenvalue weighted by molar-refractivity contribution is -0.137. The maximum Gasteiger partial charge on any atom is 0.418 e. The van der Waals surface area contributed by atoms with Gasteiger partial charge in [0, 0.05) is 10.9 Å². The van der Waals surface area contributed by atoms with Gasteiger partial charge in [0.2, 0.25) is 5.91 Å². The molecule has 1 N–H and O–H groups in total. The molecule has 4 aromatic rings. The Morgan fingerprint density at radius 2 is 1.66 bits per heavy atom. The Bertz CT molecular complexity index is 1280. The van der Waals surface area contributed by atoms with Gasteiger partial charge in [-0.25, -0.2) is 14.4 Å². The van der Waals surface area contributed by atoms with Crippen LogP contribution in [0, 0.1) is 5.82 Å². The topological polar surface area (TPSA) is 54.9 Å². The summed E-state index contributed by atoms with van der Waals surface area (Å²) in [6.45, 7) is 0. The van der Waals surface area contributed by atoms with Crippen molar-refractivity contribution in [1.82, 2.24) is 9.97 Å². The molecule has 0 aliphatic heterocycles. The van der Waals surface area contributed by atoms with Gasteiger partial charge in [0.15, 0.2) is 5.82 Å². The zero-order valence-corrected chi connectivity index (χ0v) is 17.2. The van der Waals surface area contributed by atoms with Gasteiger partial charge in [0.1, 0.15) is 10.8 Å². The summed E-state index contributed by atoms with van der Waals surface area (Å²) in [7, 11) is 0. The SMILES string of the molecule is O=C(CSc1nc(-c2ccccc2)nc2ccc(F)cc12)Nc1ccccc1C(F)(F)F. The second-order valence-corrected chi connectivity index (χ2v) is 7.72. The summed E-state index contributed by atoms with van der Waals surface area (Å²) in [5.41, 5.74) is -0.0249. The van der Waals surface area contributed by atoms with Crippen molar-refractivity contribution in [2.24, 2.45) is 0 Å². The molecule has 0 bridgehead atoms. The standard InChI is InChI=1S/C23H15F4N3OS/c24-15-10-11-18-16(12-15)22(30-21(29-18)14-6-2-1-3-7-14)32-13-20(31)28-19-9-5-4-8-17(19)23(25,26)27/h1-12H,13H2,(H,28,31). The molecule has 4 rings (SSSR count). The molecule has 1 heterocycles. The number of nitrogens with one attached hydrogen (secondary N) is 1. The number of thioether (sulfide) groups is 1. The minimum absolute atomic E-state index is 0.219. The molecule has 0 saturated heterocycles. The van der Waals surface area contributed by atoms with E-state index in [2.05, 4.69) is 15.3 Å². The molecule has 4 nitrogen and oxygen atoms in total. The van der Waals surface area contributed by atoms with E-state index < -0.39 is 23.5 Å². The number of para-hydroxylation sites is 1. The van der Waals surface area contributed by atoms with Crippen molar-refractivity contribution >= 4 is 34.3 Å². The Morgan fingerprint density at radius 3 is 2.41 bits per heavy atom. The van der Waals surface area contributed by atoms with Crippen LogP contribution in [0.4, 0.5) is 23.2 Å². The summed E-state index contributed by atoms with van der Waals surface area (Å²) >= 11 is 0.997. The lowest BCUT2D eigenvalue weighted by atomic mass is 10.1. The van der Waals surface area contributed by atoms with E-state index in [0.29, 0.717) is 21.8 Å². The zero-order valence-electron chi connectivity index (χ0n) is 16.4. The number of fused-ring (bicyclic) bond motifs is 1. The number of benzene rings is 3. The summed E-state index contributed by atoms with van der Waals surface area (Å²) < 4.78 is 53.3. The van der Waals surface area contributed by atoms with E-state index in [-0.39, 0.29) is 11.4 Å². The Kier molecular flexibility index (Phi) is 6.09. The molecule has 0 fully saturated rings. The van der Waals surface area contributed by atoms with Gasteiger partial charge in [-0.05, 0) is 30.3 Å². The van der Waals surface area contributed by atoms with Gasteiger partial charge in [-0.15, -0.1) is 0 Å². The molecule has 0 saturated carbocycles. The molecule has 0 atom stereocenters. The Morgan fingerprint density at radius 1 is 0.938 bits per heavy atom. The van der Waals surface area contributed by atoms with E-state index in [1.807, 2.05) is 30.3 Å². The third kappa shape index (κ3) is 4.88. The molecule has 3 aromatic carbocycles. The number of rotatable bonds is 5. The predicted molar refractivity (Wildman–Crippen MR) is 116 cm³/mol. The molecule has 0 unspecified atom stereocenters. The third-order valence-electron chi connectivity index (χ3n) is 4.50. The highest BCUT2D eigenvalue weighted by molar-refractivity contribution is 8.00. The number of nitrogens with zero attached hydrogens (tertiary/aromatic N) is 2. The van der Waals surface area contributed by atoms with Crippen LogP contribution < -0.4 is 5.32 Å². The quantitative estimate of drug-likeness (QED) is 0.221. The number of hydrogen-bond donors (Lipinski definition) is 1. The van der Waals surface area contributed by atoms with Gasteiger partial charge >= 0.3 is 6.18 Å². The minimum atomic E-state index is -4.60. The molecular weight excluding hydrogens is 442 g/mol. The summed E-state index contributed by atoms with van der Waals surface area (Å²) in [5, 5.41) is 3.07. The molecule has 9 heteroatoms. The zero-order chi connectivity index (χ0) is 22.7. The van der Waals surface area contributed by atoms with Crippen molar-refractivity contribution in [2.45, 2.75) is 11.2 Å². The highest BCUT2D eigenvalue weighted by atomic mass is 32.2. The molecule has 1 aromatic heterocycles. The highest BCUT2D eigenvalue weighted by Gasteiger charge is 2.33. The highest BCUT2D eigenvalue weighted by Crippen LogP contribution is 2.35. The average molecular weight is 457 g/mol. The first-order valence-electron chi connectivity index (χ1n) is 9.43. The van der Waals surface area contributed by atoms with Gasteiger partial charge < -0.3 is 5.32 Å². The van der Waals surface area contributed by atoms with Crippen LogP contribution in [-0.4, -0.2) is 21.6 Å². The largest absolute Gasteiger partial charge is 0.418 e. The Hall–Kier alpha value is -3.46. The van der Waals surface area contributed by atoms with Crippen LogP contribution in [0.15, 0.2) is 77.8 Å². The van der Waals surface area contributed by atoms with Crippen LogP contribution in [-0.2, 0) is 11.0 Å². The molecule has 0 spiro atoms. The maximum atomic E-state index is 13.8. The van der Waals surface area contributed by atoms with Crippen molar-refractivity contribution in [3.63, 3.8) is 0 Å². The van der Waals surface area contributed by atoms with Gasteiger partial charge in [0.25, 0.3) is 0 Å². The van der Waals surface area contributed by atoms with Gasteiger partial charge in [-0.1, -0.05) is 54.2 Å². The Labute approximate surface area is 184 Å². The number of alkyl halides is 3. The fourth-order valence-corrected chi connectivity index (χ4v) is 3.87. The number of hydrogen-bond acceptors (Lipinski definition) is 4. The number of carbonyl (C=O) groups excluding carboxylic acids is 1. The molecular formula is C23H15F4N3OS. The molecule has 1 amide bonds. The van der Waals surface area contributed by atoms with E-state index >= 15 is 0 Å². The van der Waals surface area contributed by atoms with E-state index in [9.17, 15) is 22.4 Å². The number of carbonyl (C=O) groups is 1. The molecule has 32 heavy (non-hydrogen) atoms. The van der Waals surface area contributed by atoms with Crippen molar-refractivity contribution in [3.8, 4) is 11.4 Å². The summed E-state index contributed by atoms with van der Waals surface area (Å²) in [6, 6.07) is 17.9. The van der Waals surface area contributed by atoms with Gasteiger partial charge in [0.05, 0.1) is 22.5 Å².